The number of carbonyl (C=O) groups excluding carboxylic acids is 2. The highest BCUT2D eigenvalue weighted by Crippen LogP contribution is 2.32. The number of nitrogens with one attached hydrogen (secondary N) is 1. The molecule has 1 saturated heterocycles. The molecule has 0 aromatic carbocycles. The number of hydrogen-bond acceptors (Lipinski definition) is 8. The number of aliphatic hydroxyl groups is 1. The summed E-state index contributed by atoms with van der Waals surface area (Å²) in [5.41, 5.74) is 2.22. The lowest BCUT2D eigenvalue weighted by molar-refractivity contribution is -0.131. The minimum atomic E-state index is -3.82. The normalized spacial score (nSPS) is 18.0. The molecule has 1 atom stereocenters. The highest BCUT2D eigenvalue weighted by molar-refractivity contribution is 7.92. The van der Waals surface area contributed by atoms with E-state index < -0.39 is 20.5 Å². The van der Waals surface area contributed by atoms with Gasteiger partial charge in [-0.1, -0.05) is 5.92 Å². The monoisotopic (exact) mass is 479 g/mol. The SMILES string of the molecule is C[C@@](CCN1Cc2cc(C#CC#CC3CN(CCO)C3)sc2C1=O)(C(=O)NO)S(C)(=O)=O. The zero-order chi connectivity index (χ0) is 23.5. The summed E-state index contributed by atoms with van der Waals surface area (Å²) in [4.78, 5) is 29.5. The number of hydroxylamine groups is 1. The van der Waals surface area contributed by atoms with Crippen LogP contribution in [0.25, 0.3) is 0 Å². The van der Waals surface area contributed by atoms with Crippen molar-refractivity contribution < 1.29 is 28.3 Å². The molecule has 1 aromatic rings. The molecule has 0 radical (unpaired) electrons. The highest BCUT2D eigenvalue weighted by Gasteiger charge is 2.44. The maximum Gasteiger partial charge on any atom is 0.264 e. The Balaban J connectivity index is 1.58. The van der Waals surface area contributed by atoms with Crippen molar-refractivity contribution in [2.45, 2.75) is 24.6 Å². The van der Waals surface area contributed by atoms with Crippen LogP contribution >= 0.6 is 11.3 Å². The second-order valence-electron chi connectivity index (χ2n) is 8.09. The number of sulfone groups is 1. The quantitative estimate of drug-likeness (QED) is 0.278. The summed E-state index contributed by atoms with van der Waals surface area (Å²) < 4.78 is 22.3. The number of thiophene rings is 1. The molecule has 0 saturated carbocycles. The molecule has 32 heavy (non-hydrogen) atoms. The van der Waals surface area contributed by atoms with E-state index in [0.29, 0.717) is 18.0 Å². The van der Waals surface area contributed by atoms with Gasteiger partial charge in [-0.05, 0) is 42.7 Å². The van der Waals surface area contributed by atoms with Gasteiger partial charge in [0.05, 0.1) is 16.4 Å². The van der Waals surface area contributed by atoms with E-state index in [9.17, 15) is 18.0 Å². The molecule has 11 heteroatoms. The molecular formula is C21H25N3O6S2. The molecule has 172 valence electrons. The Morgan fingerprint density at radius 1 is 1.34 bits per heavy atom. The first-order valence-electron chi connectivity index (χ1n) is 10.00. The first-order chi connectivity index (χ1) is 15.1. The summed E-state index contributed by atoms with van der Waals surface area (Å²) in [5, 5.41) is 17.8. The van der Waals surface area contributed by atoms with Crippen LogP contribution in [0.3, 0.4) is 0 Å². The van der Waals surface area contributed by atoms with Gasteiger partial charge < -0.3 is 10.0 Å². The van der Waals surface area contributed by atoms with Gasteiger partial charge in [0.25, 0.3) is 11.8 Å². The number of rotatable bonds is 7. The molecule has 0 spiro atoms. The molecule has 3 rings (SSSR count). The lowest BCUT2D eigenvalue weighted by Gasteiger charge is -2.35. The smallest absolute Gasteiger partial charge is 0.264 e. The van der Waals surface area contributed by atoms with Crippen molar-refractivity contribution in [3.8, 4) is 23.7 Å². The largest absolute Gasteiger partial charge is 0.395 e. The lowest BCUT2D eigenvalue weighted by atomic mass is 10.0. The average molecular weight is 480 g/mol. The molecule has 0 aliphatic carbocycles. The Labute approximate surface area is 191 Å². The third-order valence-electron chi connectivity index (χ3n) is 5.81. The number of β-amino-alcohol motifs (C(OH)–C–C–N with tert-alkyl or cyclic N) is 1. The zero-order valence-electron chi connectivity index (χ0n) is 17.8. The number of hydrogen-bond donors (Lipinski definition) is 3. The standard InChI is InChI=1S/C21H25N3O6S2/c1-21(20(27)22-28,32(2,29)30)7-8-24-14-16-11-17(31-18(16)19(24)26)6-4-3-5-15-12-23(13-15)9-10-25/h11,15,25,28H,7-10,12-14H2,1-2H3,(H,22,27)/t21-/m1/s1. The number of nitrogens with zero attached hydrogens (tertiary/aromatic N) is 2. The van der Waals surface area contributed by atoms with Crippen molar-refractivity contribution in [1.29, 1.82) is 0 Å². The molecular weight excluding hydrogens is 454 g/mol. The Morgan fingerprint density at radius 3 is 2.66 bits per heavy atom. The Morgan fingerprint density at radius 2 is 2.06 bits per heavy atom. The molecule has 0 bridgehead atoms. The molecule has 3 N–H and O–H groups in total. The summed E-state index contributed by atoms with van der Waals surface area (Å²) in [6.45, 7) is 4.08. The molecule has 2 amide bonds. The first kappa shape index (κ1) is 24.2. The second kappa shape index (κ2) is 9.61. The number of amides is 2. The van der Waals surface area contributed by atoms with Gasteiger partial charge >= 0.3 is 0 Å². The third kappa shape index (κ3) is 4.98. The minimum Gasteiger partial charge on any atom is -0.395 e. The van der Waals surface area contributed by atoms with Crippen molar-refractivity contribution in [3.63, 3.8) is 0 Å². The summed E-state index contributed by atoms with van der Waals surface area (Å²) in [7, 11) is -3.82. The van der Waals surface area contributed by atoms with Crippen LogP contribution in [0.15, 0.2) is 6.07 Å². The van der Waals surface area contributed by atoms with Crippen molar-refractivity contribution >= 4 is 33.0 Å². The Bertz CT molecular complexity index is 1130. The van der Waals surface area contributed by atoms with Crippen LogP contribution in [0.5, 0.6) is 0 Å². The second-order valence-corrected chi connectivity index (χ2v) is 11.6. The Kier molecular flexibility index (Phi) is 7.28. The molecule has 0 unspecified atom stereocenters. The number of fused-ring (bicyclic) bond motifs is 1. The van der Waals surface area contributed by atoms with Crippen molar-refractivity contribution in [2.24, 2.45) is 5.92 Å². The van der Waals surface area contributed by atoms with Gasteiger partial charge in [-0.15, -0.1) is 11.3 Å². The first-order valence-corrected chi connectivity index (χ1v) is 12.7. The fourth-order valence-corrected chi connectivity index (χ4v) is 5.38. The molecule has 1 aromatic heterocycles. The average Bonchev–Trinajstić information content (AvgIpc) is 3.24. The van der Waals surface area contributed by atoms with Crippen molar-refractivity contribution in [1.82, 2.24) is 15.3 Å². The number of aliphatic hydroxyl groups excluding tert-OH is 1. The van der Waals surface area contributed by atoms with E-state index in [4.69, 9.17) is 10.3 Å². The van der Waals surface area contributed by atoms with E-state index in [1.54, 1.807) is 0 Å². The van der Waals surface area contributed by atoms with Crippen LogP contribution in [0.2, 0.25) is 0 Å². The van der Waals surface area contributed by atoms with Gasteiger partial charge in [-0.2, -0.15) is 0 Å². The summed E-state index contributed by atoms with van der Waals surface area (Å²) in [6, 6.07) is 1.83. The molecule has 3 heterocycles. The minimum absolute atomic E-state index is 0.0540. The van der Waals surface area contributed by atoms with Gasteiger partial charge in [-0.3, -0.25) is 19.7 Å². The summed E-state index contributed by atoms with van der Waals surface area (Å²) in [6.07, 6.45) is 0.785. The highest BCUT2D eigenvalue weighted by atomic mass is 32.2. The predicted octanol–water partition coefficient (Wildman–Crippen LogP) is -0.318. The van der Waals surface area contributed by atoms with Crippen LogP contribution in [-0.4, -0.2) is 84.1 Å². The topological polar surface area (TPSA) is 127 Å². The van der Waals surface area contributed by atoms with Gasteiger partial charge in [0, 0.05) is 44.9 Å². The van der Waals surface area contributed by atoms with Crippen LogP contribution in [-0.2, 0) is 21.2 Å². The Hall–Kier alpha value is -2.41. The lowest BCUT2D eigenvalue weighted by Crippen LogP contribution is -2.50. The van der Waals surface area contributed by atoms with E-state index in [-0.39, 0.29) is 31.4 Å². The van der Waals surface area contributed by atoms with Gasteiger partial charge in [-0.25, -0.2) is 13.9 Å². The third-order valence-corrected chi connectivity index (χ3v) is 8.92. The summed E-state index contributed by atoms with van der Waals surface area (Å²) >= 11 is 1.26. The van der Waals surface area contributed by atoms with Crippen molar-refractivity contribution in [3.05, 3.63) is 21.4 Å². The van der Waals surface area contributed by atoms with E-state index in [2.05, 4.69) is 28.6 Å². The molecule has 9 nitrogen and oxygen atoms in total. The molecule has 2 aliphatic rings. The van der Waals surface area contributed by atoms with E-state index in [0.717, 1.165) is 29.8 Å². The molecule has 1 fully saturated rings. The van der Waals surface area contributed by atoms with Gasteiger partial charge in [0.2, 0.25) is 0 Å². The van der Waals surface area contributed by atoms with Gasteiger partial charge in [0.15, 0.2) is 14.6 Å². The van der Waals surface area contributed by atoms with Crippen LogP contribution in [0.1, 0.15) is 33.5 Å². The fourth-order valence-electron chi connectivity index (χ4n) is 3.54. The maximum absolute atomic E-state index is 12.7. The van der Waals surface area contributed by atoms with Crippen LogP contribution in [0.4, 0.5) is 0 Å². The zero-order valence-corrected chi connectivity index (χ0v) is 19.5. The van der Waals surface area contributed by atoms with E-state index in [1.807, 2.05) is 6.07 Å². The van der Waals surface area contributed by atoms with E-state index >= 15 is 0 Å². The maximum atomic E-state index is 12.7. The predicted molar refractivity (Wildman–Crippen MR) is 119 cm³/mol. The van der Waals surface area contributed by atoms with E-state index in [1.165, 1.54) is 28.6 Å². The fraction of sp³-hybridized carbons (Fsp3) is 0.524. The number of carbonyl (C=O) groups is 2. The molecule has 2 aliphatic heterocycles. The van der Waals surface area contributed by atoms with Crippen molar-refractivity contribution in [2.75, 3.05) is 39.0 Å². The van der Waals surface area contributed by atoms with Gasteiger partial charge in [0.1, 0.15) is 0 Å². The van der Waals surface area contributed by atoms with Crippen LogP contribution < -0.4 is 5.48 Å². The van der Waals surface area contributed by atoms with Crippen LogP contribution in [0, 0.1) is 29.6 Å². The number of likely N-dealkylation sites (tertiary alicyclic amines) is 1. The summed E-state index contributed by atoms with van der Waals surface area (Å²) in [5.74, 6) is 10.7.